The van der Waals surface area contributed by atoms with E-state index in [1.165, 1.54) is 11.0 Å². The Hall–Kier alpha value is -12.6. The molecule has 4 amide bonds. The minimum absolute atomic E-state index is 0.0376. The summed E-state index contributed by atoms with van der Waals surface area (Å²) >= 11 is 0. The number of alkyl halides is 4. The van der Waals surface area contributed by atoms with E-state index < -0.39 is 186 Å². The molecule has 0 radical (unpaired) electrons. The summed E-state index contributed by atoms with van der Waals surface area (Å²) in [6.07, 6.45) is -20.0. The average Bonchev–Trinajstić information content (AvgIpc) is 1.63. The summed E-state index contributed by atoms with van der Waals surface area (Å²) in [5, 5.41) is 79.8. The first-order valence-electron chi connectivity index (χ1n) is 43.7. The number of nitrogens with zero attached hydrogens (tertiary/aromatic N) is 21. The number of aliphatic hydroxyl groups excluding tert-OH is 2. The van der Waals surface area contributed by atoms with Gasteiger partial charge in [-0.1, -0.05) is 172 Å². The lowest BCUT2D eigenvalue weighted by Gasteiger charge is -2.37. The van der Waals surface area contributed by atoms with Crippen LogP contribution in [-0.2, 0) is 64.8 Å². The third-order valence-electron chi connectivity index (χ3n) is 20.7. The molecule has 0 spiro atoms. The molecule has 16 rings (SSSR count). The van der Waals surface area contributed by atoms with Crippen LogP contribution in [0.5, 0.6) is 0 Å². The number of H-pyrrole nitrogens is 2. The van der Waals surface area contributed by atoms with Gasteiger partial charge in [-0.3, -0.25) is 49.4 Å². The highest BCUT2D eigenvalue weighted by atomic mass is 31.2. The Kier molecular flexibility index (Phi) is 40.8. The molecule has 141 heavy (non-hydrogen) atoms. The van der Waals surface area contributed by atoms with Gasteiger partial charge in [0.25, 0.3) is 31.5 Å². The van der Waals surface area contributed by atoms with Gasteiger partial charge in [-0.15, -0.1) is 29.8 Å². The van der Waals surface area contributed by atoms with E-state index in [2.05, 4.69) is 113 Å². The second-order valence-electron chi connectivity index (χ2n) is 31.7. The number of rotatable bonds is 33. The van der Waals surface area contributed by atoms with Gasteiger partial charge in [0, 0.05) is 39.6 Å². The maximum Gasteiger partial charge on any atom is 0.695 e. The zero-order valence-electron chi connectivity index (χ0n) is 76.9. The Balaban J connectivity index is 0.000000197. The number of aromatic amines is 2. The molecule has 750 valence electrons. The van der Waals surface area contributed by atoms with Gasteiger partial charge in [-0.05, 0) is 64.8 Å². The number of nitrogens with one attached hydrogen (secondary N) is 6. The number of ether oxygens (including phenoxy) is 4. The van der Waals surface area contributed by atoms with E-state index in [9.17, 15) is 47.9 Å². The van der Waals surface area contributed by atoms with Crippen LogP contribution < -0.4 is 32.4 Å². The van der Waals surface area contributed by atoms with Gasteiger partial charge in [0.1, 0.15) is 43.2 Å². The maximum absolute atomic E-state index is 16.4. The molecule has 10 N–H and O–H groups in total. The lowest BCUT2D eigenvalue weighted by molar-refractivity contribution is -0.119. The SMILES string of the molecule is CC(C)C(=O)Nc1nc2c(nnn2[C@@H]2O[C@H](CO)[C@@H](F)[C@@H]2O[P+](=O)O)c(=O)[nH]1.CC[C@H]1O[C@@H](n2nnc3c(NC(=O)c4ccccc4)ncnc32)C(F)[C@H]1OP(OCCC#N)N(C(C)C)C(C)C.CC[C@H]1O[C@@H](n2nnc3c(NC(=O)c4ccccc4)ncnc32)[C@@H](F)[C@@H]1OP(OCCC#N)OC[C@H]1O[C@@H](n2nnc3c(=O)[nH]c(NC(=O)C(C)C)nc32)[C@@H](O)[C@@H]1F.O=PO.c1ccccc1.c1ccccc1. The molecular weight excluding hydrogens is 1940 g/mol. The molecule has 57 heteroatoms. The highest BCUT2D eigenvalue weighted by molar-refractivity contribution is 7.44. The van der Waals surface area contributed by atoms with Crippen LogP contribution in [0.3, 0.4) is 0 Å². The number of carbonyl (C=O) groups is 4. The monoisotopic (exact) mass is 2040 g/mol. The number of aliphatic hydroxyl groups is 2. The zero-order chi connectivity index (χ0) is 102. The Morgan fingerprint density at radius 3 is 1.30 bits per heavy atom. The molecule has 4 aliphatic heterocycles. The van der Waals surface area contributed by atoms with Crippen LogP contribution in [0.2, 0.25) is 0 Å². The van der Waals surface area contributed by atoms with Crippen LogP contribution >= 0.6 is 34.1 Å². The summed E-state index contributed by atoms with van der Waals surface area (Å²) in [7, 11) is -8.22. The number of halogens is 4. The predicted molar refractivity (Wildman–Crippen MR) is 494 cm³/mol. The maximum atomic E-state index is 16.4. The van der Waals surface area contributed by atoms with E-state index in [0.717, 1.165) is 20.4 Å². The normalized spacial score (nSPS) is 22.3. The Morgan fingerprint density at radius 2 is 0.908 bits per heavy atom. The lowest BCUT2D eigenvalue weighted by atomic mass is 10.1. The predicted octanol–water partition coefficient (Wildman–Crippen LogP) is 10.1. The van der Waals surface area contributed by atoms with E-state index in [1.54, 1.807) is 89.2 Å². The van der Waals surface area contributed by atoms with Gasteiger partial charge >= 0.3 is 25.5 Å². The van der Waals surface area contributed by atoms with Crippen LogP contribution in [0, 0.1) is 34.5 Å². The van der Waals surface area contributed by atoms with Crippen molar-refractivity contribution in [2.24, 2.45) is 11.8 Å². The number of nitriles is 2. The quantitative estimate of drug-likeness (QED) is 0.0104. The molecule has 0 bridgehead atoms. The molecule has 19 atom stereocenters. The van der Waals surface area contributed by atoms with Gasteiger partial charge in [-0.2, -0.15) is 39.2 Å². The molecular formula is C84H100F4N27O22P4+. The summed E-state index contributed by atoms with van der Waals surface area (Å²) in [5.74, 6) is -2.76. The van der Waals surface area contributed by atoms with Gasteiger partial charge in [0.15, 0.2) is 112 Å². The van der Waals surface area contributed by atoms with Crippen LogP contribution in [0.4, 0.5) is 41.1 Å². The highest BCUT2D eigenvalue weighted by Crippen LogP contribution is 2.52. The van der Waals surface area contributed by atoms with Crippen molar-refractivity contribution in [1.29, 1.82) is 10.5 Å². The third-order valence-corrected chi connectivity index (χ3v) is 24.4. The summed E-state index contributed by atoms with van der Waals surface area (Å²) in [4.78, 5) is 120. The number of aromatic nitrogens is 20. The smallest absolute Gasteiger partial charge is 0.394 e. The molecule has 4 unspecified atom stereocenters. The number of anilines is 4. The van der Waals surface area contributed by atoms with Crippen molar-refractivity contribution in [1.82, 2.24) is 105 Å². The van der Waals surface area contributed by atoms with Crippen molar-refractivity contribution < 1.29 is 112 Å². The fourth-order valence-electron chi connectivity index (χ4n) is 13.9. The minimum atomic E-state index is -3.20. The second-order valence-corrected chi connectivity index (χ2v) is 35.1. The molecule has 0 saturated carbocycles. The average molecular weight is 2040 g/mol. The van der Waals surface area contributed by atoms with Gasteiger partial charge in [0.2, 0.25) is 23.7 Å². The number of hydrogen-bond donors (Lipinski definition) is 10. The Morgan fingerprint density at radius 1 is 0.525 bits per heavy atom. The van der Waals surface area contributed by atoms with Crippen molar-refractivity contribution in [3.63, 3.8) is 0 Å². The van der Waals surface area contributed by atoms with Crippen molar-refractivity contribution >= 4 is 126 Å². The van der Waals surface area contributed by atoms with E-state index in [4.69, 9.17) is 66.4 Å². The van der Waals surface area contributed by atoms with Crippen molar-refractivity contribution in [3.05, 3.63) is 178 Å². The summed E-state index contributed by atoms with van der Waals surface area (Å²) in [5.41, 5.74) is -1.02. The second kappa shape index (κ2) is 52.8. The van der Waals surface area contributed by atoms with Gasteiger partial charge in [0.05, 0.1) is 63.6 Å². The fraction of sp³-hybridized carbons (Fsp3) is 0.452. The van der Waals surface area contributed by atoms with Crippen molar-refractivity contribution in [2.45, 2.75) is 205 Å². The van der Waals surface area contributed by atoms with E-state index >= 15 is 13.2 Å². The van der Waals surface area contributed by atoms with E-state index in [0.29, 0.717) is 17.5 Å². The summed E-state index contributed by atoms with van der Waals surface area (Å²) in [6, 6.07) is 45.2. The first kappa shape index (κ1) is 109. The molecule has 4 aromatic carbocycles. The topological polar surface area (TPSA) is 640 Å². The first-order valence-corrected chi connectivity index (χ1v) is 47.8. The van der Waals surface area contributed by atoms with Crippen LogP contribution in [0.15, 0.2) is 156 Å². The highest BCUT2D eigenvalue weighted by Gasteiger charge is 2.55. The summed E-state index contributed by atoms with van der Waals surface area (Å²) in [6.45, 7) is 16.9. The van der Waals surface area contributed by atoms with E-state index in [1.807, 2.05) is 124 Å². The third kappa shape index (κ3) is 27.8. The fourth-order valence-corrected chi connectivity index (χ4v) is 17.3. The Bertz CT molecular complexity index is 6240. The van der Waals surface area contributed by atoms with Crippen molar-refractivity contribution in [3.8, 4) is 12.1 Å². The molecule has 12 aromatic rings. The largest absolute Gasteiger partial charge is 0.695 e. The minimum Gasteiger partial charge on any atom is -0.394 e. The van der Waals surface area contributed by atoms with Crippen LogP contribution in [0.1, 0.15) is 141 Å². The van der Waals surface area contributed by atoms with Crippen molar-refractivity contribution in [2.75, 3.05) is 47.7 Å². The molecule has 49 nitrogen and oxygen atoms in total. The van der Waals surface area contributed by atoms with Gasteiger partial charge < -0.3 is 67.3 Å². The number of amides is 4. The molecule has 4 saturated heterocycles. The number of carbonyl (C=O) groups excluding carboxylic acids is 4. The number of fused-ring (bicyclic) bond motifs is 4. The zero-order valence-corrected chi connectivity index (χ0v) is 80.5. The molecule has 4 fully saturated rings. The lowest BCUT2D eigenvalue weighted by Crippen LogP contribution is -2.38. The van der Waals surface area contributed by atoms with E-state index in [-0.39, 0.29) is 119 Å². The molecule has 12 heterocycles. The molecule has 0 aliphatic carbocycles. The molecule has 4 aliphatic rings. The number of benzene rings is 4. The van der Waals surface area contributed by atoms with Crippen LogP contribution in [-0.4, -0.2) is 260 Å². The molecule has 8 aromatic heterocycles. The first-order chi connectivity index (χ1) is 67.9. The Labute approximate surface area is 804 Å². The summed E-state index contributed by atoms with van der Waals surface area (Å²) < 4.78 is 146. The van der Waals surface area contributed by atoms with Gasteiger partial charge in [-0.25, -0.2) is 46.7 Å². The van der Waals surface area contributed by atoms with Crippen LogP contribution in [0.25, 0.3) is 44.7 Å². The number of hydrogen-bond acceptors (Lipinski definition) is 37. The standard InChI is InChI=1S/C33H36F2N13O9P.C26H34FN8O4P.C13H16FN6O7P.2C6H6.HO2P/c1-4-17-24(20(35)31(55-17)47-26-21(43-45-47)25(37-14-38-26)39-29(51)16-9-6-5-7-10-16)57-58(53-12-8-11-36)54-13-18-19(34)23(49)32(56-18)48-27-22(44-46-48)30(52)42-33(40-27)41-28(50)15(2)3;1-6-19-22(39-40(37-14-10-13-28)35(16(2)3)17(4)5)20(27)26(38-19)34-24-21(32-33-34)23(29-15-30-24)31-25(36)18-11-8-7-9-12-18;1-4(2)10(22)16-13-15-9-7(11(23)17-13)18-19-20(9)12-8(27-28(24)25)6(14)5(3-21)26-12;2*1-2-4-6-5-3-1;1-3-2/h5-7,9-10,14-15,17-20,23-24,31-32,49H,4,8,12-13H2,1-3H3,(H,37,38,39,51)(H2,40,41,42,50,52);7-9,11-12,15-17,19-20,22,26H,6,10,14H2,1-5H3,(H,29,30,31,36);4-6,8,12,21H,3H2,1-2H3,(H2-,15,16,17,19,22,23,24,25);2*1-6H;(H,1,2)/p+1/t17-,18-,19-,20+,23+,24-,31-,32-,58?;19-,20?,22+,26-,40?;5-,6-,8+,12-;;;/m111.../s1.